The van der Waals surface area contributed by atoms with Crippen LogP contribution in [0.5, 0.6) is 0 Å². The number of alkyl halides is 3. The van der Waals surface area contributed by atoms with Crippen molar-refractivity contribution in [2.75, 3.05) is 54.2 Å². The number of carbonyl (C=O) groups is 2. The molecule has 0 saturated heterocycles. The second kappa shape index (κ2) is 18.5. The summed E-state index contributed by atoms with van der Waals surface area (Å²) in [4.78, 5) is 43.5. The zero-order chi connectivity index (χ0) is 44.2. The van der Waals surface area contributed by atoms with Crippen molar-refractivity contribution in [2.24, 2.45) is 0 Å². The summed E-state index contributed by atoms with van der Waals surface area (Å²) in [6.07, 6.45) is 2.59. The van der Waals surface area contributed by atoms with Gasteiger partial charge in [-0.1, -0.05) is 47.7 Å². The lowest BCUT2D eigenvalue weighted by molar-refractivity contribution is -0.0435. The van der Waals surface area contributed by atoms with Crippen molar-refractivity contribution >= 4 is 81.4 Å². The molecule has 13 nitrogen and oxygen atoms in total. The number of Topliss-reactive ketones (excluding diaryl/α,β-unsaturated/α-hetero) is 1. The Labute approximate surface area is 364 Å². The molecule has 1 aliphatic heterocycles. The molecule has 3 aromatic heterocycles. The van der Waals surface area contributed by atoms with E-state index in [1.807, 2.05) is 60.3 Å². The molecule has 1 atom stereocenters. The summed E-state index contributed by atoms with van der Waals surface area (Å²) in [6.45, 7) is 1.22. The lowest BCUT2D eigenvalue weighted by Crippen LogP contribution is -2.33. The van der Waals surface area contributed by atoms with E-state index in [-0.39, 0.29) is 18.1 Å². The zero-order valence-electron chi connectivity index (χ0n) is 33.3. The van der Waals surface area contributed by atoms with Crippen LogP contribution in [0, 0.1) is 0 Å². The normalized spacial score (nSPS) is 13.8. The largest absolute Gasteiger partial charge is 0.501 e. The molecule has 2 N–H and O–H groups in total. The predicted octanol–water partition coefficient (Wildman–Crippen LogP) is 7.38. The number of aromatic nitrogens is 3. The number of fused-ring (bicyclic) bond motifs is 2. The number of rotatable bonds is 16. The first-order valence-electron chi connectivity index (χ1n) is 19.1. The Kier molecular flexibility index (Phi) is 13.3. The monoisotopic (exact) mass is 923 g/mol. The topological polar surface area (TPSA) is 172 Å². The Morgan fingerprint density at radius 1 is 0.935 bits per heavy atom. The van der Waals surface area contributed by atoms with Crippen LogP contribution in [0.25, 0.3) is 10.3 Å². The van der Waals surface area contributed by atoms with Crippen LogP contribution in [-0.2, 0) is 32.6 Å². The van der Waals surface area contributed by atoms with E-state index in [2.05, 4.69) is 25.6 Å². The minimum absolute atomic E-state index is 0.228. The minimum Gasteiger partial charge on any atom is -0.380 e. The molecule has 62 heavy (non-hydrogen) atoms. The number of thiazole rings is 1. The number of amides is 1. The molecular formula is C42H40F3N7O6S4. The van der Waals surface area contributed by atoms with Crippen LogP contribution in [0.3, 0.4) is 0 Å². The number of pyridine rings is 2. The second-order valence-electron chi connectivity index (χ2n) is 14.6. The van der Waals surface area contributed by atoms with E-state index in [1.54, 1.807) is 36.5 Å². The van der Waals surface area contributed by atoms with E-state index in [1.165, 1.54) is 35.2 Å². The molecule has 0 unspecified atom stereocenters. The molecule has 0 radical (unpaired) electrons. The summed E-state index contributed by atoms with van der Waals surface area (Å²) in [5.41, 5.74) is -3.65. The van der Waals surface area contributed by atoms with Gasteiger partial charge in [-0.2, -0.15) is 13.2 Å². The first-order valence-corrected chi connectivity index (χ1v) is 24.1. The molecule has 3 aromatic carbocycles. The molecule has 324 valence electrons. The zero-order valence-corrected chi connectivity index (χ0v) is 36.6. The minimum atomic E-state index is -6.06. The van der Waals surface area contributed by atoms with Crippen molar-refractivity contribution in [3.63, 3.8) is 0 Å². The Hall–Kier alpha value is -5.41. The third kappa shape index (κ3) is 10.3. The average Bonchev–Trinajstić information content (AvgIpc) is 3.66. The molecule has 7 rings (SSSR count). The molecule has 6 aromatic rings. The number of thioether (sulfide) groups is 1. The van der Waals surface area contributed by atoms with Crippen molar-refractivity contribution in [2.45, 2.75) is 45.6 Å². The van der Waals surface area contributed by atoms with Crippen molar-refractivity contribution in [3.8, 4) is 0 Å². The van der Waals surface area contributed by atoms with Crippen LogP contribution in [0.1, 0.15) is 38.4 Å². The van der Waals surface area contributed by atoms with E-state index >= 15 is 0 Å². The number of ketones is 1. The Morgan fingerprint density at radius 3 is 2.45 bits per heavy atom. The standard InChI is InChI=1S/C42H40F3N7O6S4/c1-51(2)21-19-28(25-59-29-10-4-3-5-11-29)47-34-17-16-30(23-37(34)62(57,58)42(43,44)45)61(55,56)26-36(53)33-13-7-15-38(48-33)52-22-18-27-9-6-12-31(32(27)24-52)39(54)50-41-49-35-14-8-20-46-40(35)60-41/h3-17,20,23,28,47H,18-19,21-22,24-26H2,1-2H3,(H,49,50,54)/t28-/m1/s1. The number of nitrogens with one attached hydrogen (secondary N) is 2. The van der Waals surface area contributed by atoms with E-state index in [0.717, 1.165) is 28.2 Å². The number of anilines is 3. The maximum Gasteiger partial charge on any atom is 0.501 e. The third-order valence-corrected chi connectivity index (χ3v) is 15.2. The molecule has 20 heteroatoms. The van der Waals surface area contributed by atoms with E-state index in [9.17, 15) is 39.6 Å². The first-order chi connectivity index (χ1) is 29.5. The van der Waals surface area contributed by atoms with Gasteiger partial charge in [-0.25, -0.2) is 31.8 Å². The molecule has 0 saturated carbocycles. The molecule has 0 bridgehead atoms. The van der Waals surface area contributed by atoms with E-state index in [4.69, 9.17) is 0 Å². The number of hydrogen-bond acceptors (Lipinski definition) is 14. The average molecular weight is 924 g/mol. The predicted molar refractivity (Wildman–Crippen MR) is 235 cm³/mol. The van der Waals surface area contributed by atoms with Gasteiger partial charge in [-0.3, -0.25) is 14.9 Å². The van der Waals surface area contributed by atoms with Gasteiger partial charge in [-0.05, 0) is 105 Å². The summed E-state index contributed by atoms with van der Waals surface area (Å²) < 4.78 is 95.7. The van der Waals surface area contributed by atoms with Gasteiger partial charge in [0.2, 0.25) is 0 Å². The van der Waals surface area contributed by atoms with Gasteiger partial charge in [-0.15, -0.1) is 11.8 Å². The van der Waals surface area contributed by atoms with Gasteiger partial charge in [0.05, 0.1) is 10.6 Å². The van der Waals surface area contributed by atoms with Crippen LogP contribution in [0.15, 0.2) is 118 Å². The molecule has 0 aliphatic carbocycles. The number of nitrogens with zero attached hydrogens (tertiary/aromatic N) is 5. The van der Waals surface area contributed by atoms with Gasteiger partial charge >= 0.3 is 5.51 Å². The molecule has 4 heterocycles. The maximum absolute atomic E-state index is 14.1. The molecule has 1 aliphatic rings. The van der Waals surface area contributed by atoms with Gasteiger partial charge in [0.25, 0.3) is 15.7 Å². The quantitative estimate of drug-likeness (QED) is 0.0729. The number of halogens is 3. The summed E-state index contributed by atoms with van der Waals surface area (Å²) in [6, 6.07) is 24.6. The Morgan fingerprint density at radius 2 is 1.71 bits per heavy atom. The van der Waals surface area contributed by atoms with Crippen molar-refractivity contribution in [1.82, 2.24) is 19.9 Å². The van der Waals surface area contributed by atoms with Crippen LogP contribution in [0.4, 0.5) is 29.8 Å². The SMILES string of the molecule is CN(C)CC[C@H](CSc1ccccc1)Nc1ccc(S(=O)(=O)CC(=O)c2cccc(N3CCc4cccc(C(=O)Nc5nc6cccnc6s5)c4C3)n2)cc1S(=O)(=O)C(F)(F)F. The Bertz CT molecular complexity index is 2810. The number of benzene rings is 3. The van der Waals surface area contributed by atoms with E-state index in [0.29, 0.717) is 64.6 Å². The molecular weight excluding hydrogens is 884 g/mol. The molecule has 0 spiro atoms. The smallest absolute Gasteiger partial charge is 0.380 e. The van der Waals surface area contributed by atoms with Crippen LogP contribution < -0.4 is 15.5 Å². The van der Waals surface area contributed by atoms with Gasteiger partial charge in [0.15, 0.2) is 20.8 Å². The second-order valence-corrected chi connectivity index (χ2v) is 20.6. The molecule has 1 amide bonds. The van der Waals surface area contributed by atoms with Gasteiger partial charge in [0, 0.05) is 41.5 Å². The third-order valence-electron chi connectivity index (χ3n) is 9.95. The highest BCUT2D eigenvalue weighted by atomic mass is 32.2. The highest BCUT2D eigenvalue weighted by molar-refractivity contribution is 7.99. The van der Waals surface area contributed by atoms with Crippen molar-refractivity contribution in [1.29, 1.82) is 0 Å². The van der Waals surface area contributed by atoms with Crippen LogP contribution >= 0.6 is 23.1 Å². The highest BCUT2D eigenvalue weighted by Crippen LogP contribution is 2.37. The first kappa shape index (κ1) is 44.6. The summed E-state index contributed by atoms with van der Waals surface area (Å²) in [5, 5.41) is 6.18. The van der Waals surface area contributed by atoms with Gasteiger partial charge < -0.3 is 15.1 Å². The fraction of sp³-hybridized carbons (Fsp3) is 0.262. The summed E-state index contributed by atoms with van der Waals surface area (Å²) in [5.74, 6) is -1.84. The lowest BCUT2D eigenvalue weighted by atomic mass is 9.94. The highest BCUT2D eigenvalue weighted by Gasteiger charge is 2.48. The Balaban J connectivity index is 1.10. The van der Waals surface area contributed by atoms with E-state index < -0.39 is 58.2 Å². The fourth-order valence-electron chi connectivity index (χ4n) is 6.77. The van der Waals surface area contributed by atoms with Crippen molar-refractivity contribution < 1.29 is 39.6 Å². The summed E-state index contributed by atoms with van der Waals surface area (Å²) >= 11 is 2.67. The van der Waals surface area contributed by atoms with Crippen molar-refractivity contribution in [3.05, 3.63) is 126 Å². The summed E-state index contributed by atoms with van der Waals surface area (Å²) in [7, 11) is -7.12. The lowest BCUT2D eigenvalue weighted by Gasteiger charge is -2.31. The number of carbonyl (C=O) groups excluding carboxylic acids is 2. The number of sulfone groups is 2. The molecule has 0 fully saturated rings. The van der Waals surface area contributed by atoms with Crippen LogP contribution in [0.2, 0.25) is 0 Å². The fourth-order valence-corrected chi connectivity index (χ4v) is 10.8. The maximum atomic E-state index is 14.1. The number of hydrogen-bond donors (Lipinski definition) is 2. The van der Waals surface area contributed by atoms with Crippen LogP contribution in [-0.4, -0.2) is 98.6 Å². The van der Waals surface area contributed by atoms with Gasteiger partial charge in [0.1, 0.15) is 32.5 Å².